The summed E-state index contributed by atoms with van der Waals surface area (Å²) in [5.74, 6) is -1.51. The highest BCUT2D eigenvalue weighted by atomic mass is 19.1. The first-order chi connectivity index (χ1) is 12.0. The predicted molar refractivity (Wildman–Crippen MR) is 94.5 cm³/mol. The SMILES string of the molecule is CC1(CCc2cc(F)cc(F)c2C#N)CCCN(C(=O)OC(C)(C)C)C1. The minimum absolute atomic E-state index is 0.102. The van der Waals surface area contributed by atoms with Gasteiger partial charge in [0.05, 0.1) is 5.56 Å². The van der Waals surface area contributed by atoms with E-state index in [0.717, 1.165) is 18.9 Å². The number of carbonyl (C=O) groups excluding carboxylic acids is 1. The lowest BCUT2D eigenvalue weighted by molar-refractivity contribution is 0.00552. The summed E-state index contributed by atoms with van der Waals surface area (Å²) in [7, 11) is 0. The highest BCUT2D eigenvalue weighted by Gasteiger charge is 2.35. The zero-order valence-corrected chi connectivity index (χ0v) is 15.9. The molecule has 6 heteroatoms. The van der Waals surface area contributed by atoms with Crippen molar-refractivity contribution >= 4 is 6.09 Å². The van der Waals surface area contributed by atoms with E-state index in [0.29, 0.717) is 31.5 Å². The molecule has 142 valence electrons. The maximum Gasteiger partial charge on any atom is 0.410 e. The van der Waals surface area contributed by atoms with Gasteiger partial charge in [0, 0.05) is 19.2 Å². The molecule has 1 aromatic carbocycles. The number of aryl methyl sites for hydroxylation is 1. The molecule has 0 bridgehead atoms. The van der Waals surface area contributed by atoms with E-state index in [1.165, 1.54) is 6.07 Å². The number of hydrogen-bond donors (Lipinski definition) is 0. The zero-order chi connectivity index (χ0) is 19.5. The van der Waals surface area contributed by atoms with E-state index in [-0.39, 0.29) is 17.1 Å². The molecule has 1 aliphatic rings. The number of rotatable bonds is 3. The van der Waals surface area contributed by atoms with Crippen LogP contribution in [0.1, 0.15) is 58.1 Å². The quantitative estimate of drug-likeness (QED) is 0.774. The Balaban J connectivity index is 2.07. The Morgan fingerprint density at radius 3 is 2.69 bits per heavy atom. The summed E-state index contributed by atoms with van der Waals surface area (Å²) in [4.78, 5) is 14.0. The summed E-state index contributed by atoms with van der Waals surface area (Å²) < 4.78 is 32.7. The van der Waals surface area contributed by atoms with Crippen molar-refractivity contribution < 1.29 is 18.3 Å². The molecule has 0 radical (unpaired) electrons. The number of hydrogen-bond acceptors (Lipinski definition) is 3. The Hall–Kier alpha value is -2.16. The fourth-order valence-corrected chi connectivity index (χ4v) is 3.39. The van der Waals surface area contributed by atoms with E-state index in [4.69, 9.17) is 10.00 Å². The molecule has 1 saturated heterocycles. The fourth-order valence-electron chi connectivity index (χ4n) is 3.39. The average Bonchev–Trinajstić information content (AvgIpc) is 2.51. The van der Waals surface area contributed by atoms with Crippen LogP contribution in [0.2, 0.25) is 0 Å². The molecule has 1 amide bonds. The number of nitrogens with zero attached hydrogens (tertiary/aromatic N) is 2. The highest BCUT2D eigenvalue weighted by Crippen LogP contribution is 2.35. The highest BCUT2D eigenvalue weighted by molar-refractivity contribution is 5.68. The number of halogens is 2. The van der Waals surface area contributed by atoms with Crippen LogP contribution in [0, 0.1) is 28.4 Å². The van der Waals surface area contributed by atoms with E-state index >= 15 is 0 Å². The van der Waals surface area contributed by atoms with Gasteiger partial charge in [0.2, 0.25) is 0 Å². The summed E-state index contributed by atoms with van der Waals surface area (Å²) >= 11 is 0. The van der Waals surface area contributed by atoms with Gasteiger partial charge in [-0.2, -0.15) is 5.26 Å². The van der Waals surface area contributed by atoms with Crippen LogP contribution in [0.5, 0.6) is 0 Å². The lowest BCUT2D eigenvalue weighted by Crippen LogP contribution is -2.46. The minimum Gasteiger partial charge on any atom is -0.444 e. The number of carbonyl (C=O) groups is 1. The van der Waals surface area contributed by atoms with E-state index in [9.17, 15) is 13.6 Å². The van der Waals surface area contributed by atoms with Gasteiger partial charge in [0.15, 0.2) is 0 Å². The number of nitriles is 1. The summed E-state index contributed by atoms with van der Waals surface area (Å²) in [6.45, 7) is 8.72. The Labute approximate surface area is 153 Å². The molecule has 26 heavy (non-hydrogen) atoms. The van der Waals surface area contributed by atoms with E-state index in [2.05, 4.69) is 6.92 Å². The standard InChI is InChI=1S/C20H26F2N2O2/c1-19(2,3)26-18(25)24-9-5-7-20(4,13-24)8-6-14-10-15(21)11-17(22)16(14)12-23/h10-11H,5-9,13H2,1-4H3. The van der Waals surface area contributed by atoms with Gasteiger partial charge in [-0.25, -0.2) is 13.6 Å². The van der Waals surface area contributed by atoms with E-state index < -0.39 is 17.2 Å². The molecule has 4 nitrogen and oxygen atoms in total. The summed E-state index contributed by atoms with van der Waals surface area (Å²) in [5.41, 5.74) is -0.466. The van der Waals surface area contributed by atoms with Gasteiger partial charge >= 0.3 is 6.09 Å². The smallest absolute Gasteiger partial charge is 0.410 e. The van der Waals surface area contributed by atoms with Gasteiger partial charge in [-0.1, -0.05) is 6.92 Å². The first-order valence-electron chi connectivity index (χ1n) is 8.89. The van der Waals surface area contributed by atoms with Crippen molar-refractivity contribution in [3.63, 3.8) is 0 Å². The van der Waals surface area contributed by atoms with Crippen LogP contribution in [0.15, 0.2) is 12.1 Å². The molecule has 0 spiro atoms. The molecule has 0 aromatic heterocycles. The van der Waals surface area contributed by atoms with Gasteiger partial charge in [-0.15, -0.1) is 0 Å². The summed E-state index contributed by atoms with van der Waals surface area (Å²) in [6, 6.07) is 3.77. The number of benzene rings is 1. The molecule has 1 aromatic rings. The van der Waals surface area contributed by atoms with E-state index in [1.807, 2.05) is 26.8 Å². The molecule has 2 rings (SSSR count). The van der Waals surface area contributed by atoms with Gasteiger partial charge in [-0.3, -0.25) is 0 Å². The van der Waals surface area contributed by atoms with Gasteiger partial charge in [-0.05, 0) is 63.5 Å². The Morgan fingerprint density at radius 2 is 2.08 bits per heavy atom. The summed E-state index contributed by atoms with van der Waals surface area (Å²) in [5, 5.41) is 9.13. The largest absolute Gasteiger partial charge is 0.444 e. The zero-order valence-electron chi connectivity index (χ0n) is 15.9. The van der Waals surface area contributed by atoms with Crippen LogP contribution in [0.4, 0.5) is 13.6 Å². The molecular formula is C20H26F2N2O2. The van der Waals surface area contributed by atoms with Crippen molar-refractivity contribution in [1.29, 1.82) is 5.26 Å². The van der Waals surface area contributed by atoms with Gasteiger partial charge < -0.3 is 9.64 Å². The second-order valence-corrected chi connectivity index (χ2v) is 8.35. The maximum absolute atomic E-state index is 13.8. The second kappa shape index (κ2) is 7.61. The molecule has 1 atom stereocenters. The van der Waals surface area contributed by atoms with E-state index in [1.54, 1.807) is 4.90 Å². The van der Waals surface area contributed by atoms with Crippen LogP contribution in [0.25, 0.3) is 0 Å². The topological polar surface area (TPSA) is 53.3 Å². The first-order valence-corrected chi connectivity index (χ1v) is 8.89. The lowest BCUT2D eigenvalue weighted by atomic mass is 9.77. The van der Waals surface area contributed by atoms with Crippen LogP contribution >= 0.6 is 0 Å². The van der Waals surface area contributed by atoms with Crippen molar-refractivity contribution in [2.24, 2.45) is 5.41 Å². The second-order valence-electron chi connectivity index (χ2n) is 8.35. The third kappa shape index (κ3) is 5.17. The molecule has 1 aliphatic heterocycles. The molecule has 0 saturated carbocycles. The average molecular weight is 364 g/mol. The van der Waals surface area contributed by atoms with Crippen molar-refractivity contribution in [3.8, 4) is 6.07 Å². The lowest BCUT2D eigenvalue weighted by Gasteiger charge is -2.41. The molecule has 0 aliphatic carbocycles. The van der Waals surface area contributed by atoms with Crippen molar-refractivity contribution in [1.82, 2.24) is 4.90 Å². The molecule has 1 heterocycles. The predicted octanol–water partition coefficient (Wildman–Crippen LogP) is 4.81. The monoisotopic (exact) mass is 364 g/mol. The van der Waals surface area contributed by atoms with Crippen molar-refractivity contribution in [2.75, 3.05) is 13.1 Å². The van der Waals surface area contributed by atoms with Crippen LogP contribution in [0.3, 0.4) is 0 Å². The third-order valence-electron chi connectivity index (χ3n) is 4.68. The maximum atomic E-state index is 13.8. The normalized spacial score (nSPS) is 20.6. The Bertz CT molecular complexity index is 722. The molecular weight excluding hydrogens is 338 g/mol. The molecule has 1 unspecified atom stereocenters. The number of likely N-dealkylation sites (tertiary alicyclic amines) is 1. The van der Waals surface area contributed by atoms with Crippen LogP contribution in [-0.4, -0.2) is 29.7 Å². The van der Waals surface area contributed by atoms with Crippen LogP contribution in [-0.2, 0) is 11.2 Å². The fraction of sp³-hybridized carbons (Fsp3) is 0.600. The number of ether oxygens (including phenoxy) is 1. The summed E-state index contributed by atoms with van der Waals surface area (Å²) in [6.07, 6.45) is 2.43. The number of piperidine rings is 1. The minimum atomic E-state index is -0.827. The van der Waals surface area contributed by atoms with Crippen molar-refractivity contribution in [2.45, 2.75) is 59.0 Å². The molecule has 1 fully saturated rings. The molecule has 0 N–H and O–H groups in total. The van der Waals surface area contributed by atoms with Crippen LogP contribution < -0.4 is 0 Å². The first kappa shape index (κ1) is 20.2. The Kier molecular flexibility index (Phi) is 5.90. The van der Waals surface area contributed by atoms with Gasteiger partial charge in [0.1, 0.15) is 23.3 Å². The Morgan fingerprint density at radius 1 is 1.38 bits per heavy atom. The van der Waals surface area contributed by atoms with Crippen molar-refractivity contribution in [3.05, 3.63) is 34.9 Å². The third-order valence-corrected chi connectivity index (χ3v) is 4.68. The van der Waals surface area contributed by atoms with Gasteiger partial charge in [0.25, 0.3) is 0 Å². The number of amides is 1.